The van der Waals surface area contributed by atoms with Crippen LogP contribution in [0.15, 0.2) is 88.9 Å². The lowest BCUT2D eigenvalue weighted by Crippen LogP contribution is -2.21. The maximum Gasteiger partial charge on any atom is 0.358 e. The van der Waals surface area contributed by atoms with Gasteiger partial charge in [-0.2, -0.15) is 8.42 Å². The van der Waals surface area contributed by atoms with Crippen molar-refractivity contribution in [3.63, 3.8) is 0 Å². The van der Waals surface area contributed by atoms with Crippen molar-refractivity contribution in [1.82, 2.24) is 0 Å². The van der Waals surface area contributed by atoms with Gasteiger partial charge in [0.15, 0.2) is 0 Å². The molecule has 142 valence electrons. The molecule has 3 aromatic rings. The number of benzene rings is 3. The third-order valence-corrected chi connectivity index (χ3v) is 5.69. The van der Waals surface area contributed by atoms with Gasteiger partial charge in [-0.3, -0.25) is 4.28 Å². The van der Waals surface area contributed by atoms with Crippen LogP contribution in [0, 0.1) is 6.92 Å². The molecular weight excluding hydrogens is 374 g/mol. The Morgan fingerprint density at radius 1 is 0.929 bits per heavy atom. The molecule has 1 aliphatic heterocycles. The van der Waals surface area contributed by atoms with Crippen molar-refractivity contribution in [2.45, 2.75) is 24.3 Å². The average Bonchev–Trinajstić information content (AvgIpc) is 2.73. The van der Waals surface area contributed by atoms with Gasteiger partial charge in [-0.25, -0.2) is 0 Å². The van der Waals surface area contributed by atoms with Crippen molar-refractivity contribution in [2.75, 3.05) is 0 Å². The van der Waals surface area contributed by atoms with Crippen LogP contribution in [0.25, 0.3) is 0 Å². The fraction of sp³-hybridized carbons (Fsp3) is 0.136. The summed E-state index contributed by atoms with van der Waals surface area (Å²) < 4.78 is 36.1. The minimum absolute atomic E-state index is 0.0717. The number of para-hydroxylation sites is 1. The van der Waals surface area contributed by atoms with E-state index in [9.17, 15) is 8.42 Å². The Hall–Kier alpha value is -3.12. The van der Waals surface area contributed by atoms with E-state index >= 15 is 0 Å². The standard InChI is InChI=1S/C22H19NO4S/c1-16-11-13-18(14-12-16)28(24,25)27-23-20-15-22(17-7-3-2-4-8-17)26-21-10-6-5-9-19(20)21/h2-14,22H,15H2,1H3. The van der Waals surface area contributed by atoms with Crippen molar-refractivity contribution >= 4 is 15.8 Å². The molecule has 0 fully saturated rings. The lowest BCUT2D eigenvalue weighted by Gasteiger charge is -2.27. The van der Waals surface area contributed by atoms with E-state index in [4.69, 9.17) is 9.02 Å². The smallest absolute Gasteiger partial charge is 0.358 e. The van der Waals surface area contributed by atoms with Gasteiger partial charge in [-0.05, 0) is 36.8 Å². The molecule has 0 aromatic heterocycles. The molecule has 6 heteroatoms. The lowest BCUT2D eigenvalue weighted by molar-refractivity contribution is 0.204. The van der Waals surface area contributed by atoms with E-state index in [-0.39, 0.29) is 11.0 Å². The molecule has 28 heavy (non-hydrogen) atoms. The second kappa shape index (κ2) is 7.48. The van der Waals surface area contributed by atoms with Crippen LogP contribution in [-0.4, -0.2) is 14.1 Å². The first-order valence-electron chi connectivity index (χ1n) is 8.91. The Morgan fingerprint density at radius 3 is 2.36 bits per heavy atom. The lowest BCUT2D eigenvalue weighted by atomic mass is 9.96. The molecule has 1 unspecified atom stereocenters. The molecule has 0 aliphatic carbocycles. The normalized spacial score (nSPS) is 17.6. The first-order chi connectivity index (χ1) is 13.5. The molecule has 4 rings (SSSR count). The summed E-state index contributed by atoms with van der Waals surface area (Å²) in [7, 11) is -3.99. The first kappa shape index (κ1) is 18.3. The van der Waals surface area contributed by atoms with E-state index in [0.29, 0.717) is 17.9 Å². The summed E-state index contributed by atoms with van der Waals surface area (Å²) >= 11 is 0. The fourth-order valence-corrected chi connectivity index (χ4v) is 3.81. The Balaban J connectivity index is 1.66. The van der Waals surface area contributed by atoms with Crippen molar-refractivity contribution in [3.05, 3.63) is 95.6 Å². The largest absolute Gasteiger partial charge is 0.485 e. The fourth-order valence-electron chi connectivity index (χ4n) is 3.07. The molecule has 3 aromatic carbocycles. The van der Waals surface area contributed by atoms with Gasteiger partial charge in [-0.15, -0.1) is 0 Å². The first-order valence-corrected chi connectivity index (χ1v) is 10.3. The molecule has 0 N–H and O–H groups in total. The van der Waals surface area contributed by atoms with Gasteiger partial charge in [0, 0.05) is 12.0 Å². The summed E-state index contributed by atoms with van der Waals surface area (Å²) in [4.78, 5) is 0.0717. The quantitative estimate of drug-likeness (QED) is 0.606. The molecule has 0 saturated carbocycles. The van der Waals surface area contributed by atoms with Crippen LogP contribution in [0.2, 0.25) is 0 Å². The molecule has 0 spiro atoms. The van der Waals surface area contributed by atoms with E-state index in [1.165, 1.54) is 12.1 Å². The van der Waals surface area contributed by atoms with Crippen molar-refractivity contribution in [2.24, 2.45) is 5.16 Å². The van der Waals surface area contributed by atoms with E-state index in [1.807, 2.05) is 61.5 Å². The van der Waals surface area contributed by atoms with Gasteiger partial charge in [0.2, 0.25) is 0 Å². The van der Waals surface area contributed by atoms with E-state index in [2.05, 4.69) is 5.16 Å². The Kier molecular flexibility index (Phi) is 4.88. The summed E-state index contributed by atoms with van der Waals surface area (Å²) in [6.07, 6.45) is 0.144. The number of aryl methyl sites for hydroxylation is 1. The molecule has 0 amide bonds. The number of ether oxygens (including phenoxy) is 1. The maximum absolute atomic E-state index is 12.5. The highest BCUT2D eigenvalue weighted by Gasteiger charge is 2.27. The topological polar surface area (TPSA) is 65.0 Å². The number of hydrogen-bond donors (Lipinski definition) is 0. The van der Waals surface area contributed by atoms with Crippen molar-refractivity contribution in [3.8, 4) is 5.75 Å². The monoisotopic (exact) mass is 393 g/mol. The highest BCUT2D eigenvalue weighted by molar-refractivity contribution is 7.86. The SMILES string of the molecule is Cc1ccc(S(=O)(=O)ON=C2CC(c3ccccc3)Oc3ccccc32)cc1. The predicted octanol–water partition coefficient (Wildman–Crippen LogP) is 4.63. The van der Waals surface area contributed by atoms with Crippen LogP contribution in [-0.2, 0) is 14.4 Å². The molecular formula is C22H19NO4S. The van der Waals surface area contributed by atoms with E-state index in [1.54, 1.807) is 12.1 Å². The Labute approximate surface area is 164 Å². The molecule has 0 radical (unpaired) electrons. The zero-order valence-corrected chi connectivity index (χ0v) is 16.1. The summed E-state index contributed by atoms with van der Waals surface area (Å²) in [5, 5.41) is 4.02. The third kappa shape index (κ3) is 3.77. The minimum atomic E-state index is -3.99. The maximum atomic E-state index is 12.5. The number of fused-ring (bicyclic) bond motifs is 1. The molecule has 1 aliphatic rings. The van der Waals surface area contributed by atoms with Crippen LogP contribution < -0.4 is 4.74 Å². The highest BCUT2D eigenvalue weighted by Crippen LogP contribution is 2.35. The predicted molar refractivity (Wildman–Crippen MR) is 107 cm³/mol. The van der Waals surface area contributed by atoms with Crippen LogP contribution >= 0.6 is 0 Å². The molecule has 0 saturated heterocycles. The summed E-state index contributed by atoms with van der Waals surface area (Å²) in [5.74, 6) is 0.651. The Morgan fingerprint density at radius 2 is 1.61 bits per heavy atom. The summed E-state index contributed by atoms with van der Waals surface area (Å²) in [6.45, 7) is 1.89. The number of hydrogen-bond acceptors (Lipinski definition) is 5. The van der Waals surface area contributed by atoms with Gasteiger partial charge in [-0.1, -0.05) is 65.3 Å². The van der Waals surface area contributed by atoms with Crippen LogP contribution in [0.3, 0.4) is 0 Å². The van der Waals surface area contributed by atoms with Crippen molar-refractivity contribution in [1.29, 1.82) is 0 Å². The van der Waals surface area contributed by atoms with Crippen molar-refractivity contribution < 1.29 is 17.4 Å². The second-order valence-electron chi connectivity index (χ2n) is 6.60. The highest BCUT2D eigenvalue weighted by atomic mass is 32.2. The summed E-state index contributed by atoms with van der Waals surface area (Å²) in [5.41, 5.74) is 3.22. The van der Waals surface area contributed by atoms with Crippen LogP contribution in [0.5, 0.6) is 5.75 Å². The van der Waals surface area contributed by atoms with E-state index in [0.717, 1.165) is 16.7 Å². The van der Waals surface area contributed by atoms with E-state index < -0.39 is 10.1 Å². The number of oxime groups is 1. The molecule has 1 atom stereocenters. The molecule has 0 bridgehead atoms. The zero-order valence-electron chi connectivity index (χ0n) is 15.3. The van der Waals surface area contributed by atoms with Gasteiger partial charge in [0.25, 0.3) is 0 Å². The minimum Gasteiger partial charge on any atom is -0.485 e. The number of nitrogens with zero attached hydrogens (tertiary/aromatic N) is 1. The molecule has 1 heterocycles. The second-order valence-corrected chi connectivity index (χ2v) is 8.13. The number of rotatable bonds is 4. The van der Waals surface area contributed by atoms with Crippen LogP contribution in [0.1, 0.15) is 29.2 Å². The van der Waals surface area contributed by atoms with Gasteiger partial charge < -0.3 is 4.74 Å². The third-order valence-electron chi connectivity index (χ3n) is 4.57. The molecule has 5 nitrogen and oxygen atoms in total. The van der Waals surface area contributed by atoms with Gasteiger partial charge in [0.1, 0.15) is 16.7 Å². The van der Waals surface area contributed by atoms with Gasteiger partial charge in [0.05, 0.1) is 5.71 Å². The summed E-state index contributed by atoms with van der Waals surface area (Å²) in [6, 6.07) is 23.6. The average molecular weight is 393 g/mol. The van der Waals surface area contributed by atoms with Gasteiger partial charge >= 0.3 is 10.1 Å². The zero-order chi connectivity index (χ0) is 19.6. The Bertz CT molecular complexity index is 1110. The van der Waals surface area contributed by atoms with Crippen LogP contribution in [0.4, 0.5) is 0 Å².